The molecular weight excluding hydrogens is 218 g/mol. The van der Waals surface area contributed by atoms with Gasteiger partial charge in [-0.15, -0.1) is 0 Å². The highest BCUT2D eigenvalue weighted by atomic mass is 16.5. The SMILES string of the molecule is COC(=O)/C=C(\NC(C)=O)c1ccc(C)cc1. The molecule has 0 radical (unpaired) electrons. The number of aryl methyl sites for hydroxylation is 1. The molecule has 0 fully saturated rings. The molecular formula is C13H15NO3. The van der Waals surface area contributed by atoms with Crippen LogP contribution in [0.1, 0.15) is 18.1 Å². The topological polar surface area (TPSA) is 55.4 Å². The molecule has 1 aromatic rings. The quantitative estimate of drug-likeness (QED) is 0.638. The Hall–Kier alpha value is -2.10. The van der Waals surface area contributed by atoms with Gasteiger partial charge in [0.1, 0.15) is 0 Å². The van der Waals surface area contributed by atoms with Crippen molar-refractivity contribution in [3.63, 3.8) is 0 Å². The van der Waals surface area contributed by atoms with Crippen molar-refractivity contribution in [1.82, 2.24) is 5.32 Å². The number of rotatable bonds is 3. The number of esters is 1. The van der Waals surface area contributed by atoms with Crippen LogP contribution >= 0.6 is 0 Å². The lowest BCUT2D eigenvalue weighted by Gasteiger charge is -2.08. The van der Waals surface area contributed by atoms with Crippen LogP contribution in [0.5, 0.6) is 0 Å². The highest BCUT2D eigenvalue weighted by molar-refractivity contribution is 5.95. The third-order valence-electron chi connectivity index (χ3n) is 2.14. The van der Waals surface area contributed by atoms with E-state index in [4.69, 9.17) is 0 Å². The van der Waals surface area contributed by atoms with Crippen molar-refractivity contribution in [2.75, 3.05) is 7.11 Å². The van der Waals surface area contributed by atoms with Crippen LogP contribution in [0.2, 0.25) is 0 Å². The first-order chi connectivity index (χ1) is 8.02. The number of amides is 1. The molecule has 0 aromatic heterocycles. The smallest absolute Gasteiger partial charge is 0.332 e. The molecule has 90 valence electrons. The summed E-state index contributed by atoms with van der Waals surface area (Å²) in [5, 5.41) is 2.60. The second-order valence-corrected chi connectivity index (χ2v) is 3.63. The van der Waals surface area contributed by atoms with Gasteiger partial charge in [-0.25, -0.2) is 4.79 Å². The average Bonchev–Trinajstić information content (AvgIpc) is 2.28. The van der Waals surface area contributed by atoms with Crippen LogP contribution < -0.4 is 5.32 Å². The fraction of sp³-hybridized carbons (Fsp3) is 0.231. The number of ether oxygens (including phenoxy) is 1. The van der Waals surface area contributed by atoms with E-state index >= 15 is 0 Å². The second-order valence-electron chi connectivity index (χ2n) is 3.63. The molecule has 0 aliphatic heterocycles. The highest BCUT2D eigenvalue weighted by Crippen LogP contribution is 2.12. The Morgan fingerprint density at radius 3 is 2.29 bits per heavy atom. The molecule has 1 amide bonds. The van der Waals surface area contributed by atoms with Gasteiger partial charge in [-0.3, -0.25) is 4.79 Å². The summed E-state index contributed by atoms with van der Waals surface area (Å²) in [4.78, 5) is 22.3. The van der Waals surface area contributed by atoms with Gasteiger partial charge in [0, 0.05) is 13.0 Å². The number of nitrogens with one attached hydrogen (secondary N) is 1. The van der Waals surface area contributed by atoms with Gasteiger partial charge in [-0.2, -0.15) is 0 Å². The van der Waals surface area contributed by atoms with Gasteiger partial charge in [0.05, 0.1) is 12.8 Å². The Labute approximate surface area is 100 Å². The summed E-state index contributed by atoms with van der Waals surface area (Å²) >= 11 is 0. The minimum absolute atomic E-state index is 0.235. The van der Waals surface area contributed by atoms with Gasteiger partial charge in [0.25, 0.3) is 0 Å². The molecule has 4 nitrogen and oxygen atoms in total. The number of carbonyl (C=O) groups excluding carboxylic acids is 2. The van der Waals surface area contributed by atoms with E-state index in [9.17, 15) is 9.59 Å². The van der Waals surface area contributed by atoms with Crippen LogP contribution in [-0.4, -0.2) is 19.0 Å². The maximum atomic E-state index is 11.2. The summed E-state index contributed by atoms with van der Waals surface area (Å²) in [6.45, 7) is 3.35. The standard InChI is InChI=1S/C13H15NO3/c1-9-4-6-11(7-5-9)12(14-10(2)15)8-13(16)17-3/h4-8H,1-3H3,(H,14,15)/b12-8-. The van der Waals surface area contributed by atoms with E-state index in [0.717, 1.165) is 11.1 Å². The third kappa shape index (κ3) is 4.10. The van der Waals surface area contributed by atoms with Crippen LogP contribution in [-0.2, 0) is 14.3 Å². The van der Waals surface area contributed by atoms with Gasteiger partial charge in [-0.1, -0.05) is 29.8 Å². The fourth-order valence-electron chi connectivity index (χ4n) is 1.29. The number of carbonyl (C=O) groups is 2. The summed E-state index contributed by atoms with van der Waals surface area (Å²) in [7, 11) is 1.29. The third-order valence-corrected chi connectivity index (χ3v) is 2.14. The van der Waals surface area contributed by atoms with Crippen molar-refractivity contribution in [3.8, 4) is 0 Å². The Balaban J connectivity index is 3.05. The van der Waals surface area contributed by atoms with Crippen LogP contribution in [0.4, 0.5) is 0 Å². The van der Waals surface area contributed by atoms with Crippen LogP contribution in [0, 0.1) is 6.92 Å². The van der Waals surface area contributed by atoms with Crippen molar-refractivity contribution in [2.24, 2.45) is 0 Å². The molecule has 0 saturated heterocycles. The maximum absolute atomic E-state index is 11.2. The lowest BCUT2D eigenvalue weighted by Crippen LogP contribution is -2.19. The molecule has 17 heavy (non-hydrogen) atoms. The van der Waals surface area contributed by atoms with Crippen LogP contribution in [0.3, 0.4) is 0 Å². The Morgan fingerprint density at radius 1 is 1.24 bits per heavy atom. The van der Waals surface area contributed by atoms with Gasteiger partial charge in [-0.05, 0) is 12.5 Å². The lowest BCUT2D eigenvalue weighted by molar-refractivity contribution is -0.134. The zero-order chi connectivity index (χ0) is 12.8. The maximum Gasteiger partial charge on any atom is 0.332 e. The molecule has 0 saturated carbocycles. The first-order valence-electron chi connectivity index (χ1n) is 5.17. The van der Waals surface area contributed by atoms with Crippen molar-refractivity contribution in [3.05, 3.63) is 41.5 Å². The minimum Gasteiger partial charge on any atom is -0.466 e. The zero-order valence-corrected chi connectivity index (χ0v) is 10.1. The highest BCUT2D eigenvalue weighted by Gasteiger charge is 2.06. The van der Waals surface area contributed by atoms with E-state index in [-0.39, 0.29) is 5.91 Å². The molecule has 0 spiro atoms. The predicted octanol–water partition coefficient (Wildman–Crippen LogP) is 1.65. The fourth-order valence-corrected chi connectivity index (χ4v) is 1.29. The summed E-state index contributed by atoms with van der Waals surface area (Å²) < 4.78 is 4.54. The number of hydrogen-bond acceptors (Lipinski definition) is 3. The predicted molar refractivity (Wildman–Crippen MR) is 65.0 cm³/mol. The summed E-state index contributed by atoms with van der Waals surface area (Å²) in [6.07, 6.45) is 1.26. The van der Waals surface area contributed by atoms with Gasteiger partial charge in [0.2, 0.25) is 5.91 Å². The molecule has 0 atom stereocenters. The van der Waals surface area contributed by atoms with Crippen molar-refractivity contribution in [1.29, 1.82) is 0 Å². The molecule has 1 N–H and O–H groups in total. The van der Waals surface area contributed by atoms with E-state index in [1.54, 1.807) is 0 Å². The molecule has 0 heterocycles. The molecule has 0 unspecified atom stereocenters. The molecule has 0 bridgehead atoms. The molecule has 1 aromatic carbocycles. The summed E-state index contributed by atoms with van der Waals surface area (Å²) in [6, 6.07) is 7.48. The van der Waals surface area contributed by atoms with Crippen LogP contribution in [0.25, 0.3) is 5.70 Å². The molecule has 0 aliphatic rings. The van der Waals surface area contributed by atoms with Gasteiger partial charge >= 0.3 is 5.97 Å². The normalized spacial score (nSPS) is 10.9. The van der Waals surface area contributed by atoms with Crippen molar-refractivity contribution < 1.29 is 14.3 Å². The van der Waals surface area contributed by atoms with E-state index in [1.165, 1.54) is 20.1 Å². The second kappa shape index (κ2) is 5.84. The summed E-state index contributed by atoms with van der Waals surface area (Å²) in [5.41, 5.74) is 2.30. The summed E-state index contributed by atoms with van der Waals surface area (Å²) in [5.74, 6) is -0.741. The first-order valence-corrected chi connectivity index (χ1v) is 5.17. The number of methoxy groups -OCH3 is 1. The van der Waals surface area contributed by atoms with E-state index in [0.29, 0.717) is 5.70 Å². The Kier molecular flexibility index (Phi) is 4.46. The molecule has 1 rings (SSSR count). The van der Waals surface area contributed by atoms with Crippen molar-refractivity contribution in [2.45, 2.75) is 13.8 Å². The van der Waals surface area contributed by atoms with Gasteiger partial charge < -0.3 is 10.1 Å². The first kappa shape index (κ1) is 13.0. The van der Waals surface area contributed by atoms with E-state index in [1.807, 2.05) is 31.2 Å². The zero-order valence-electron chi connectivity index (χ0n) is 10.1. The van der Waals surface area contributed by atoms with Crippen LogP contribution in [0.15, 0.2) is 30.3 Å². The van der Waals surface area contributed by atoms with E-state index in [2.05, 4.69) is 10.1 Å². The number of benzene rings is 1. The molecule has 0 aliphatic carbocycles. The molecule has 4 heteroatoms. The van der Waals surface area contributed by atoms with Gasteiger partial charge in [0.15, 0.2) is 0 Å². The Morgan fingerprint density at radius 2 is 1.82 bits per heavy atom. The van der Waals surface area contributed by atoms with E-state index < -0.39 is 5.97 Å². The lowest BCUT2D eigenvalue weighted by atomic mass is 10.1. The Bertz CT molecular complexity index is 446. The monoisotopic (exact) mass is 233 g/mol. The minimum atomic E-state index is -0.505. The largest absolute Gasteiger partial charge is 0.466 e. The number of hydrogen-bond donors (Lipinski definition) is 1. The average molecular weight is 233 g/mol. The van der Waals surface area contributed by atoms with Crippen molar-refractivity contribution >= 4 is 17.6 Å².